The fourth-order valence-corrected chi connectivity index (χ4v) is 4.74. The van der Waals surface area contributed by atoms with E-state index in [4.69, 9.17) is 47.3 Å². The molecule has 0 radical (unpaired) electrons. The van der Waals surface area contributed by atoms with Gasteiger partial charge in [-0.05, 0) is 35.4 Å². The van der Waals surface area contributed by atoms with Crippen LogP contribution in [-0.2, 0) is 36.2 Å². The number of ether oxygens (including phenoxy) is 1. The van der Waals surface area contributed by atoms with Gasteiger partial charge in [0.1, 0.15) is 17.6 Å². The van der Waals surface area contributed by atoms with Gasteiger partial charge in [-0.15, -0.1) is 0 Å². The first-order valence-corrected chi connectivity index (χ1v) is 13.5. The van der Waals surface area contributed by atoms with Crippen molar-refractivity contribution in [3.05, 3.63) is 91.9 Å². The number of nitrogens with one attached hydrogen (secondary N) is 1. The maximum absolute atomic E-state index is 13.5. The van der Waals surface area contributed by atoms with Gasteiger partial charge in [-0.3, -0.25) is 13.6 Å². The number of benzene rings is 2. The lowest BCUT2D eigenvalue weighted by atomic mass is 10.2. The Morgan fingerprint density at radius 2 is 1.64 bits per heavy atom. The molecule has 1 aliphatic heterocycles. The van der Waals surface area contributed by atoms with Gasteiger partial charge in [0.05, 0.1) is 19.3 Å². The number of aliphatic hydroxyl groups excluding tert-OH is 1. The minimum Gasteiger partial charge on any atom is -0.478 e. The van der Waals surface area contributed by atoms with Crippen molar-refractivity contribution in [3.8, 4) is 0 Å². The van der Waals surface area contributed by atoms with Gasteiger partial charge in [0.15, 0.2) is 6.23 Å². The molecule has 2 heterocycles. The number of nitrogens with zero attached hydrogens (tertiary/aromatic N) is 2. The summed E-state index contributed by atoms with van der Waals surface area (Å²) < 4.78 is 36.2. The predicted octanol–water partition coefficient (Wildman–Crippen LogP) is 3.50. The number of halogens is 2. The van der Waals surface area contributed by atoms with Crippen LogP contribution in [0.1, 0.15) is 34.1 Å². The predicted molar refractivity (Wildman–Crippen MR) is 139 cm³/mol. The first kappa shape index (κ1) is 29.2. The molecule has 2 aromatic carbocycles. The number of hydroxylamine groups is 1. The van der Waals surface area contributed by atoms with Gasteiger partial charge in [0, 0.05) is 22.7 Å². The van der Waals surface area contributed by atoms with Crippen LogP contribution in [0.15, 0.2) is 59.5 Å². The summed E-state index contributed by atoms with van der Waals surface area (Å²) in [6, 6.07) is 13.2. The van der Waals surface area contributed by atoms with Gasteiger partial charge >= 0.3 is 19.5 Å². The molecule has 0 unspecified atom stereocenters. The Morgan fingerprint density at radius 1 is 1.10 bits per heavy atom. The van der Waals surface area contributed by atoms with E-state index in [0.717, 1.165) is 10.8 Å². The zero-order valence-electron chi connectivity index (χ0n) is 20.0. The summed E-state index contributed by atoms with van der Waals surface area (Å²) in [6.07, 6.45) is -2.91. The number of carboxylic acid groups (broad SMARTS) is 1. The van der Waals surface area contributed by atoms with Crippen molar-refractivity contribution in [1.29, 1.82) is 0 Å². The second kappa shape index (κ2) is 12.6. The fourth-order valence-electron chi connectivity index (χ4n) is 3.46. The van der Waals surface area contributed by atoms with Crippen LogP contribution in [0.5, 0.6) is 0 Å². The molecular formula is C23H23Cl2N4O9P. The molecule has 0 bridgehead atoms. The fraction of sp³-hybridized carbons (Fsp3) is 0.261. The molecule has 1 aliphatic rings. The molecule has 39 heavy (non-hydrogen) atoms. The van der Waals surface area contributed by atoms with Crippen LogP contribution >= 0.6 is 31.0 Å². The SMILES string of the molecule is Nc1nc(=O)n([C@H]2C[C@H](O)[C@@H](NOP(=O)(OCc3ccc(Cl)cc3)OCc3ccc(Cl)cc3)O2)cc1C(=O)O. The molecule has 0 saturated carbocycles. The molecule has 1 aromatic heterocycles. The highest BCUT2D eigenvalue weighted by Crippen LogP contribution is 2.50. The number of aliphatic hydroxyl groups is 1. The van der Waals surface area contributed by atoms with Gasteiger partial charge in [-0.1, -0.05) is 47.5 Å². The van der Waals surface area contributed by atoms with E-state index in [1.54, 1.807) is 48.5 Å². The van der Waals surface area contributed by atoms with Gasteiger partial charge < -0.3 is 20.7 Å². The average molecular weight is 601 g/mol. The maximum Gasteiger partial charge on any atom is 0.492 e. The summed E-state index contributed by atoms with van der Waals surface area (Å²) in [5.74, 6) is -1.86. The minimum absolute atomic E-state index is 0.160. The zero-order valence-corrected chi connectivity index (χ0v) is 22.4. The second-order valence-electron chi connectivity index (χ2n) is 8.31. The van der Waals surface area contributed by atoms with E-state index in [1.807, 2.05) is 0 Å². The lowest BCUT2D eigenvalue weighted by molar-refractivity contribution is -0.0969. The van der Waals surface area contributed by atoms with Crippen molar-refractivity contribution < 1.29 is 38.0 Å². The van der Waals surface area contributed by atoms with E-state index in [2.05, 4.69) is 10.5 Å². The lowest BCUT2D eigenvalue weighted by Crippen LogP contribution is -2.37. The van der Waals surface area contributed by atoms with Crippen LogP contribution in [0.2, 0.25) is 10.0 Å². The number of carbonyl (C=O) groups is 1. The Morgan fingerprint density at radius 3 is 2.15 bits per heavy atom. The largest absolute Gasteiger partial charge is 0.492 e. The third kappa shape index (κ3) is 7.63. The summed E-state index contributed by atoms with van der Waals surface area (Å²) in [5, 5.41) is 20.7. The van der Waals surface area contributed by atoms with Crippen molar-refractivity contribution in [2.45, 2.75) is 38.2 Å². The van der Waals surface area contributed by atoms with E-state index < -0.39 is 49.4 Å². The highest BCUT2D eigenvalue weighted by Gasteiger charge is 2.39. The van der Waals surface area contributed by atoms with Gasteiger partial charge in [-0.2, -0.15) is 15.1 Å². The Kier molecular flexibility index (Phi) is 9.39. The van der Waals surface area contributed by atoms with Crippen LogP contribution in [0, 0.1) is 0 Å². The highest BCUT2D eigenvalue weighted by atomic mass is 35.5. The molecular weight excluding hydrogens is 578 g/mol. The summed E-state index contributed by atoms with van der Waals surface area (Å²) in [6.45, 7) is -0.337. The van der Waals surface area contributed by atoms with Crippen LogP contribution in [0.25, 0.3) is 0 Å². The summed E-state index contributed by atoms with van der Waals surface area (Å²) >= 11 is 11.8. The summed E-state index contributed by atoms with van der Waals surface area (Å²) in [4.78, 5) is 27.1. The Hall–Kier alpha value is -2.84. The molecule has 0 aliphatic carbocycles. The number of hydrogen-bond donors (Lipinski definition) is 4. The van der Waals surface area contributed by atoms with Crippen molar-refractivity contribution in [1.82, 2.24) is 15.0 Å². The monoisotopic (exact) mass is 600 g/mol. The zero-order chi connectivity index (χ0) is 28.2. The van der Waals surface area contributed by atoms with Gasteiger partial charge in [0.2, 0.25) is 0 Å². The smallest absolute Gasteiger partial charge is 0.478 e. The summed E-state index contributed by atoms with van der Waals surface area (Å²) in [5.41, 5.74) is 7.76. The molecule has 5 N–H and O–H groups in total. The molecule has 1 saturated heterocycles. The standard InChI is InChI=1S/C23H23Cl2N4O9P/c24-15-5-1-13(2-6-15)11-35-39(34,36-12-14-3-7-16(25)8-4-14)38-28-21-18(30)9-19(37-21)29-10-17(22(31)32)20(26)27-23(29)33/h1-8,10,18-19,21,28,30H,9,11-12H2,(H,31,32)(H2,26,27,33)/t18-,19+,21-/m0/s1. The number of anilines is 1. The normalized spacial score (nSPS) is 19.3. The Labute approximate surface area is 231 Å². The number of nitrogens with two attached hydrogens (primary N) is 1. The molecule has 16 heteroatoms. The average Bonchev–Trinajstić information content (AvgIpc) is 3.27. The Bertz CT molecular complexity index is 1370. The number of phosphoric acid groups is 1. The molecule has 208 valence electrons. The van der Waals surface area contributed by atoms with Crippen molar-refractivity contribution in [2.24, 2.45) is 0 Å². The van der Waals surface area contributed by atoms with Crippen molar-refractivity contribution >= 4 is 42.8 Å². The van der Waals surface area contributed by atoms with Crippen molar-refractivity contribution in [2.75, 3.05) is 5.73 Å². The summed E-state index contributed by atoms with van der Waals surface area (Å²) in [7, 11) is -4.32. The van der Waals surface area contributed by atoms with Crippen LogP contribution in [0.4, 0.5) is 5.82 Å². The van der Waals surface area contributed by atoms with Gasteiger partial charge in [-0.25, -0.2) is 14.2 Å². The number of hydrogen-bond acceptors (Lipinski definition) is 11. The molecule has 3 aromatic rings. The molecule has 3 atom stereocenters. The molecule has 4 rings (SSSR count). The number of aromatic carboxylic acids is 1. The van der Waals surface area contributed by atoms with E-state index in [9.17, 15) is 24.4 Å². The lowest BCUT2D eigenvalue weighted by Gasteiger charge is -2.22. The second-order valence-corrected chi connectivity index (χ2v) is 10.8. The number of rotatable bonds is 11. The topological polar surface area (TPSA) is 184 Å². The van der Waals surface area contributed by atoms with Crippen molar-refractivity contribution in [3.63, 3.8) is 0 Å². The van der Waals surface area contributed by atoms with Gasteiger partial charge in [0.25, 0.3) is 0 Å². The van der Waals surface area contributed by atoms with Crippen LogP contribution in [-0.4, -0.2) is 38.1 Å². The molecule has 0 spiro atoms. The Balaban J connectivity index is 1.45. The van der Waals surface area contributed by atoms with E-state index in [-0.39, 0.29) is 19.6 Å². The quantitative estimate of drug-likeness (QED) is 0.186. The third-order valence-electron chi connectivity index (χ3n) is 5.50. The molecule has 1 fully saturated rings. The first-order chi connectivity index (χ1) is 18.5. The first-order valence-electron chi connectivity index (χ1n) is 11.3. The molecule has 0 amide bonds. The van der Waals surface area contributed by atoms with Crippen LogP contribution in [0.3, 0.4) is 0 Å². The van der Waals surface area contributed by atoms with E-state index in [0.29, 0.717) is 21.2 Å². The minimum atomic E-state index is -4.32. The molecule has 13 nitrogen and oxygen atoms in total. The number of phosphoric ester groups is 1. The van der Waals surface area contributed by atoms with E-state index >= 15 is 0 Å². The number of nitrogen functional groups attached to an aromatic ring is 1. The highest BCUT2D eigenvalue weighted by molar-refractivity contribution is 7.48. The van der Waals surface area contributed by atoms with E-state index in [1.165, 1.54) is 0 Å². The maximum atomic E-state index is 13.5. The van der Waals surface area contributed by atoms with Crippen LogP contribution < -0.4 is 16.9 Å². The third-order valence-corrected chi connectivity index (χ3v) is 7.23. The number of carboxylic acids is 1. The number of aromatic nitrogens is 2.